The molecule has 1 rings (SSSR count). The van der Waals surface area contributed by atoms with Crippen molar-refractivity contribution in [2.75, 3.05) is 0 Å². The molecule has 0 aromatic heterocycles. The van der Waals surface area contributed by atoms with E-state index in [4.69, 9.17) is 5.73 Å². The Hall–Kier alpha value is -1.57. The van der Waals surface area contributed by atoms with Crippen molar-refractivity contribution in [3.63, 3.8) is 0 Å². The van der Waals surface area contributed by atoms with Crippen molar-refractivity contribution in [3.05, 3.63) is 47.7 Å². The molecule has 0 unspecified atom stereocenters. The second kappa shape index (κ2) is 4.97. The number of ketones is 1. The third-order valence-corrected chi connectivity index (χ3v) is 2.31. The van der Waals surface area contributed by atoms with E-state index < -0.39 is 0 Å². The molecular formula is C14H19NO. The molecule has 16 heavy (non-hydrogen) atoms. The van der Waals surface area contributed by atoms with Gasteiger partial charge in [0, 0.05) is 23.6 Å². The van der Waals surface area contributed by atoms with E-state index >= 15 is 0 Å². The second-order valence-corrected chi connectivity index (χ2v) is 5.00. The summed E-state index contributed by atoms with van der Waals surface area (Å²) in [7, 11) is 0. The van der Waals surface area contributed by atoms with E-state index in [-0.39, 0.29) is 11.2 Å². The van der Waals surface area contributed by atoms with E-state index in [9.17, 15) is 4.79 Å². The van der Waals surface area contributed by atoms with Gasteiger partial charge in [-0.2, -0.15) is 0 Å². The lowest BCUT2D eigenvalue weighted by Crippen LogP contribution is -2.19. The smallest absolute Gasteiger partial charge is 0.162 e. The second-order valence-electron chi connectivity index (χ2n) is 5.00. The molecule has 2 N–H and O–H groups in total. The van der Waals surface area contributed by atoms with Crippen molar-refractivity contribution >= 4 is 5.78 Å². The highest BCUT2D eigenvalue weighted by atomic mass is 16.1. The molecule has 0 atom stereocenters. The highest BCUT2D eigenvalue weighted by Gasteiger charge is 2.18. The van der Waals surface area contributed by atoms with E-state index in [1.165, 1.54) is 0 Å². The molecule has 0 amide bonds. The molecule has 0 aliphatic heterocycles. The SMILES string of the molecule is CC(C)(C)C(=O)/C=C(\N)Cc1ccccc1. The number of benzene rings is 1. The summed E-state index contributed by atoms with van der Waals surface area (Å²) in [6.07, 6.45) is 2.18. The van der Waals surface area contributed by atoms with Gasteiger partial charge in [0.25, 0.3) is 0 Å². The standard InChI is InChI=1S/C14H19NO/c1-14(2,3)13(16)10-12(15)9-11-7-5-4-6-8-11/h4-8,10H,9,15H2,1-3H3/b12-10-. The van der Waals surface area contributed by atoms with Gasteiger partial charge in [-0.25, -0.2) is 0 Å². The van der Waals surface area contributed by atoms with Gasteiger partial charge in [0.1, 0.15) is 0 Å². The molecular weight excluding hydrogens is 198 g/mol. The van der Waals surface area contributed by atoms with Crippen LogP contribution in [0.1, 0.15) is 26.3 Å². The minimum Gasteiger partial charge on any atom is -0.402 e. The first-order valence-electron chi connectivity index (χ1n) is 5.44. The van der Waals surface area contributed by atoms with Crippen LogP contribution in [-0.4, -0.2) is 5.78 Å². The molecule has 2 heteroatoms. The maximum absolute atomic E-state index is 11.7. The largest absolute Gasteiger partial charge is 0.402 e. The van der Waals surface area contributed by atoms with Crippen LogP contribution < -0.4 is 5.73 Å². The molecule has 0 spiro atoms. The number of carbonyl (C=O) groups is 1. The Morgan fingerprint density at radius 1 is 1.25 bits per heavy atom. The quantitative estimate of drug-likeness (QED) is 0.791. The average molecular weight is 217 g/mol. The minimum absolute atomic E-state index is 0.0703. The number of rotatable bonds is 3. The number of carbonyl (C=O) groups excluding carboxylic acids is 1. The lowest BCUT2D eigenvalue weighted by atomic mass is 9.90. The van der Waals surface area contributed by atoms with Crippen LogP contribution in [0.4, 0.5) is 0 Å². The summed E-state index contributed by atoms with van der Waals surface area (Å²) in [6, 6.07) is 9.90. The summed E-state index contributed by atoms with van der Waals surface area (Å²) in [5.41, 5.74) is 7.22. The Labute approximate surface area is 97.2 Å². The van der Waals surface area contributed by atoms with Crippen LogP contribution in [0.2, 0.25) is 0 Å². The first-order valence-corrected chi connectivity index (χ1v) is 5.44. The third kappa shape index (κ3) is 3.89. The lowest BCUT2D eigenvalue weighted by Gasteiger charge is -2.14. The molecule has 0 aliphatic carbocycles. The van der Waals surface area contributed by atoms with Gasteiger partial charge < -0.3 is 5.73 Å². The maximum Gasteiger partial charge on any atom is 0.162 e. The van der Waals surface area contributed by atoms with Crippen LogP contribution >= 0.6 is 0 Å². The number of hydrogen-bond donors (Lipinski definition) is 1. The van der Waals surface area contributed by atoms with E-state index in [0.717, 1.165) is 5.56 Å². The Morgan fingerprint density at radius 3 is 2.31 bits per heavy atom. The predicted molar refractivity (Wildman–Crippen MR) is 66.9 cm³/mol. The van der Waals surface area contributed by atoms with Crippen molar-refractivity contribution in [2.45, 2.75) is 27.2 Å². The molecule has 0 saturated heterocycles. The van der Waals surface area contributed by atoms with Crippen molar-refractivity contribution in [2.24, 2.45) is 11.1 Å². The predicted octanol–water partition coefficient (Wildman–Crippen LogP) is 2.69. The Balaban J connectivity index is 2.70. The van der Waals surface area contributed by atoms with Gasteiger partial charge >= 0.3 is 0 Å². The van der Waals surface area contributed by atoms with Crippen LogP contribution in [0.15, 0.2) is 42.1 Å². The summed E-state index contributed by atoms with van der Waals surface area (Å²) < 4.78 is 0. The van der Waals surface area contributed by atoms with Gasteiger partial charge in [0.15, 0.2) is 5.78 Å². The molecule has 1 aromatic rings. The van der Waals surface area contributed by atoms with Crippen LogP contribution in [0.5, 0.6) is 0 Å². The zero-order chi connectivity index (χ0) is 12.2. The number of nitrogens with two attached hydrogens (primary N) is 1. The zero-order valence-corrected chi connectivity index (χ0v) is 10.2. The van der Waals surface area contributed by atoms with E-state index in [1.807, 2.05) is 51.1 Å². The monoisotopic (exact) mass is 217 g/mol. The van der Waals surface area contributed by atoms with Crippen molar-refractivity contribution in [3.8, 4) is 0 Å². The molecule has 1 aromatic carbocycles. The first kappa shape index (κ1) is 12.5. The average Bonchev–Trinajstić information content (AvgIpc) is 2.17. The topological polar surface area (TPSA) is 43.1 Å². The summed E-state index contributed by atoms with van der Waals surface area (Å²) in [6.45, 7) is 5.67. The lowest BCUT2D eigenvalue weighted by molar-refractivity contribution is -0.121. The number of hydrogen-bond acceptors (Lipinski definition) is 2. The van der Waals surface area contributed by atoms with E-state index in [1.54, 1.807) is 6.08 Å². The summed E-state index contributed by atoms with van der Waals surface area (Å²) in [5, 5.41) is 0. The fourth-order valence-corrected chi connectivity index (χ4v) is 1.27. The van der Waals surface area contributed by atoms with Gasteiger partial charge in [-0.3, -0.25) is 4.79 Å². The molecule has 0 heterocycles. The van der Waals surface area contributed by atoms with Gasteiger partial charge in [-0.05, 0) is 5.56 Å². The summed E-state index contributed by atoms with van der Waals surface area (Å²) in [4.78, 5) is 11.7. The Morgan fingerprint density at radius 2 is 1.81 bits per heavy atom. The van der Waals surface area contributed by atoms with Gasteiger partial charge in [-0.15, -0.1) is 0 Å². The zero-order valence-electron chi connectivity index (χ0n) is 10.2. The third-order valence-electron chi connectivity index (χ3n) is 2.31. The van der Waals surface area contributed by atoms with Gasteiger partial charge in [0.2, 0.25) is 0 Å². The fourth-order valence-electron chi connectivity index (χ4n) is 1.27. The van der Waals surface area contributed by atoms with Crippen molar-refractivity contribution < 1.29 is 4.79 Å². The van der Waals surface area contributed by atoms with Crippen molar-refractivity contribution in [1.29, 1.82) is 0 Å². The summed E-state index contributed by atoms with van der Waals surface area (Å²) >= 11 is 0. The van der Waals surface area contributed by atoms with Gasteiger partial charge in [0.05, 0.1) is 0 Å². The molecule has 0 bridgehead atoms. The molecule has 0 fully saturated rings. The highest BCUT2D eigenvalue weighted by molar-refractivity contribution is 5.94. The molecule has 0 saturated carbocycles. The van der Waals surface area contributed by atoms with Gasteiger partial charge in [-0.1, -0.05) is 51.1 Å². The highest BCUT2D eigenvalue weighted by Crippen LogP contribution is 2.16. The van der Waals surface area contributed by atoms with Crippen LogP contribution in [0.25, 0.3) is 0 Å². The molecule has 2 nitrogen and oxygen atoms in total. The Kier molecular flexibility index (Phi) is 3.88. The van der Waals surface area contributed by atoms with E-state index in [0.29, 0.717) is 12.1 Å². The summed E-state index contributed by atoms with van der Waals surface area (Å²) in [5.74, 6) is 0.0703. The fraction of sp³-hybridized carbons (Fsp3) is 0.357. The minimum atomic E-state index is -0.360. The Bertz CT molecular complexity index is 385. The van der Waals surface area contributed by atoms with E-state index in [2.05, 4.69) is 0 Å². The van der Waals surface area contributed by atoms with Crippen molar-refractivity contribution in [1.82, 2.24) is 0 Å². The normalized spacial score (nSPS) is 12.6. The van der Waals surface area contributed by atoms with Crippen LogP contribution in [-0.2, 0) is 11.2 Å². The molecule has 0 aliphatic rings. The number of allylic oxidation sites excluding steroid dienone is 2. The molecule has 86 valence electrons. The maximum atomic E-state index is 11.7. The first-order chi connectivity index (χ1) is 7.39. The molecule has 0 radical (unpaired) electrons. The van der Waals surface area contributed by atoms with Crippen LogP contribution in [0, 0.1) is 5.41 Å². The van der Waals surface area contributed by atoms with Crippen LogP contribution in [0.3, 0.4) is 0 Å².